The molecule has 0 aromatic rings. The number of hydrogen-bond donors (Lipinski definition) is 3. The van der Waals surface area contributed by atoms with Gasteiger partial charge in [0.1, 0.15) is 5.60 Å². The summed E-state index contributed by atoms with van der Waals surface area (Å²) in [5, 5.41) is 0. The molecule has 0 radical (unpaired) electrons. The van der Waals surface area contributed by atoms with E-state index in [1.54, 1.807) is 27.7 Å². The van der Waals surface area contributed by atoms with Crippen LogP contribution in [0.4, 0.5) is 0 Å². The lowest BCUT2D eigenvalue weighted by Crippen LogP contribution is -2.28. The zero-order chi connectivity index (χ0) is 19.9. The summed E-state index contributed by atoms with van der Waals surface area (Å²) in [6.45, 7) is 6.59. The summed E-state index contributed by atoms with van der Waals surface area (Å²) in [7, 11) is -8.74. The normalized spacial score (nSPS) is 18.4. The Morgan fingerprint density at radius 3 is 1.76 bits per heavy atom. The molecular weight excluding hydrogens is 410 g/mol. The van der Waals surface area contributed by atoms with Crippen molar-refractivity contribution in [1.29, 1.82) is 0 Å². The first-order chi connectivity index (χ1) is 11.1. The maximum atomic E-state index is 12.0. The largest absolute Gasteiger partial charge is 0.610 e. The van der Waals surface area contributed by atoms with Gasteiger partial charge in [-0.25, -0.2) is 10.1 Å². The monoisotopic (exact) mass is 439 g/mol. The summed E-state index contributed by atoms with van der Waals surface area (Å²) in [5.41, 5.74) is 8.36. The third kappa shape index (κ3) is 15.2. The molecule has 0 amide bonds. The summed E-state index contributed by atoms with van der Waals surface area (Å²) < 4.78 is 55.8. The van der Waals surface area contributed by atoms with Gasteiger partial charge in [-0.05, 0) is 45.1 Å². The van der Waals surface area contributed by atoms with Crippen molar-refractivity contribution in [3.63, 3.8) is 0 Å². The molecule has 13 heteroatoms. The molecule has 0 rings (SSSR count). The van der Waals surface area contributed by atoms with Crippen molar-refractivity contribution < 1.29 is 31.5 Å². The van der Waals surface area contributed by atoms with Crippen LogP contribution >= 0.6 is 15.9 Å². The fourth-order valence-electron chi connectivity index (χ4n) is 1.80. The number of hydrogen-bond acceptors (Lipinski definition) is 6. The van der Waals surface area contributed by atoms with Gasteiger partial charge in [0, 0.05) is 44.6 Å². The third-order valence-electron chi connectivity index (χ3n) is 3.12. The Balaban J connectivity index is 4.15. The van der Waals surface area contributed by atoms with E-state index in [-0.39, 0.29) is 23.7 Å². The van der Waals surface area contributed by atoms with Gasteiger partial charge >= 0.3 is 15.9 Å². The van der Waals surface area contributed by atoms with E-state index in [0.717, 1.165) is 0 Å². The molecule has 0 bridgehead atoms. The zero-order valence-corrected chi connectivity index (χ0v) is 18.4. The smallest absolute Gasteiger partial charge is 0.313 e. The lowest BCUT2D eigenvalue weighted by atomic mass is 10.1. The Kier molecular flexibility index (Phi) is 10.9. The van der Waals surface area contributed by atoms with Crippen molar-refractivity contribution in [3.05, 3.63) is 0 Å². The molecule has 0 aromatic heterocycles. The van der Waals surface area contributed by atoms with E-state index in [4.69, 9.17) is 24.9 Å². The molecule has 5 N–H and O–H groups in total. The molecule has 0 heterocycles. The Morgan fingerprint density at radius 2 is 1.40 bits per heavy atom. The Hall–Kier alpha value is 0.430. The van der Waals surface area contributed by atoms with E-state index in [1.807, 2.05) is 0 Å². The average molecular weight is 439 g/mol. The zero-order valence-electron chi connectivity index (χ0n) is 15.0. The van der Waals surface area contributed by atoms with Gasteiger partial charge in [-0.2, -0.15) is 0 Å². The predicted octanol–water partition coefficient (Wildman–Crippen LogP) is 1.53. The highest BCUT2D eigenvalue weighted by atomic mass is 32.2. The van der Waals surface area contributed by atoms with Crippen molar-refractivity contribution in [3.8, 4) is 0 Å². The van der Waals surface area contributed by atoms with Crippen LogP contribution in [0.3, 0.4) is 0 Å². The first-order valence-corrected chi connectivity index (χ1v) is 13.4. The van der Waals surface area contributed by atoms with Crippen molar-refractivity contribution in [2.24, 2.45) is 11.0 Å². The molecule has 0 aliphatic carbocycles. The lowest BCUT2D eigenvalue weighted by Gasteiger charge is -2.25. The van der Waals surface area contributed by atoms with E-state index in [2.05, 4.69) is 0 Å². The minimum atomic E-state index is -4.10. The van der Waals surface area contributed by atoms with Gasteiger partial charge in [0.15, 0.2) is 0 Å². The maximum Gasteiger partial charge on any atom is 0.610 e. The topological polar surface area (TPSA) is 159 Å². The van der Waals surface area contributed by atoms with Gasteiger partial charge in [-0.15, -0.1) is 4.52 Å². The number of nitrogens with two attached hydrogens (primary N) is 2. The molecule has 150 valence electrons. The fourth-order valence-corrected chi connectivity index (χ4v) is 6.51. The van der Waals surface area contributed by atoms with Crippen LogP contribution in [-0.4, -0.2) is 47.5 Å². The van der Waals surface area contributed by atoms with Gasteiger partial charge < -0.3 is 4.89 Å². The number of rotatable bonds is 13. The average Bonchev–Trinajstić information content (AvgIpc) is 2.36. The summed E-state index contributed by atoms with van der Waals surface area (Å²) in [6, 6.07) is 0. The minimum absolute atomic E-state index is 0.243. The van der Waals surface area contributed by atoms with Gasteiger partial charge in [-0.1, -0.05) is 5.50 Å². The maximum absolute atomic E-state index is 12.0. The molecule has 9 nitrogen and oxygen atoms in total. The van der Waals surface area contributed by atoms with Crippen molar-refractivity contribution in [2.75, 3.05) is 23.0 Å². The van der Waals surface area contributed by atoms with Gasteiger partial charge in [-0.3, -0.25) is 12.9 Å². The lowest BCUT2D eigenvalue weighted by molar-refractivity contribution is 0.0896. The Labute approximate surface area is 155 Å². The van der Waals surface area contributed by atoms with Crippen LogP contribution in [0.2, 0.25) is 0 Å². The van der Waals surface area contributed by atoms with Crippen LogP contribution in [0.25, 0.3) is 0 Å². The van der Waals surface area contributed by atoms with Gasteiger partial charge in [0.25, 0.3) is 0 Å². The van der Waals surface area contributed by atoms with E-state index in [0.29, 0.717) is 12.2 Å². The molecule has 4 unspecified atom stereocenters. The highest BCUT2D eigenvalue weighted by Gasteiger charge is 2.30. The van der Waals surface area contributed by atoms with E-state index >= 15 is 0 Å². The summed E-state index contributed by atoms with van der Waals surface area (Å²) in [5.74, 6) is 1.07. The predicted molar refractivity (Wildman–Crippen MR) is 101 cm³/mol. The standard InChI is InChI=1S/C12H28N2O7P2S2/c1-11(2,20-22(13)15)5-7-24(18)9-10-25(19)8-6-12(3,4)21-23(14,16)17/h5-10H2,1-4H3,(H4-,13,14,15,16,17)/p+1. The summed E-state index contributed by atoms with van der Waals surface area (Å²) in [6.07, 6.45) is 0.687. The Bertz CT molecular complexity index is 552. The molecule has 0 spiro atoms. The summed E-state index contributed by atoms with van der Waals surface area (Å²) in [4.78, 5) is 9.03. The summed E-state index contributed by atoms with van der Waals surface area (Å²) >= 11 is 0. The SMILES string of the molecule is CC(C)(CCS(=O)CCS(=O)CCC(C)(C)OP(N)(=O)O)O[P+](N)=O. The van der Waals surface area contributed by atoms with Crippen LogP contribution in [-0.2, 0) is 39.8 Å². The fraction of sp³-hybridized carbons (Fsp3) is 1.00. The molecular formula is C12H29N2O7P2S2+. The second-order valence-corrected chi connectivity index (χ2v) is 12.2. The molecule has 4 atom stereocenters. The van der Waals surface area contributed by atoms with E-state index < -0.39 is 48.7 Å². The molecule has 0 aliphatic heterocycles. The first-order valence-electron chi connectivity index (χ1n) is 7.55. The first kappa shape index (κ1) is 25.4. The quantitative estimate of drug-likeness (QED) is 0.362. The van der Waals surface area contributed by atoms with Crippen LogP contribution in [0.15, 0.2) is 0 Å². The third-order valence-corrected chi connectivity index (χ3v) is 7.44. The molecule has 0 aromatic carbocycles. The van der Waals surface area contributed by atoms with Crippen molar-refractivity contribution in [2.45, 2.75) is 51.7 Å². The molecule has 0 fully saturated rings. The van der Waals surface area contributed by atoms with Crippen LogP contribution in [0.5, 0.6) is 0 Å². The van der Waals surface area contributed by atoms with E-state index in [9.17, 15) is 17.5 Å². The highest BCUT2D eigenvalue weighted by molar-refractivity contribution is 7.88. The molecule has 0 saturated carbocycles. The van der Waals surface area contributed by atoms with Crippen LogP contribution in [0.1, 0.15) is 40.5 Å². The van der Waals surface area contributed by atoms with Crippen molar-refractivity contribution in [1.82, 2.24) is 0 Å². The molecule has 0 aliphatic rings. The molecule has 25 heavy (non-hydrogen) atoms. The second-order valence-electron chi connectivity index (χ2n) is 6.75. The minimum Gasteiger partial charge on any atom is -0.313 e. The van der Waals surface area contributed by atoms with Crippen LogP contribution in [0, 0.1) is 0 Å². The van der Waals surface area contributed by atoms with E-state index in [1.165, 1.54) is 0 Å². The van der Waals surface area contributed by atoms with Gasteiger partial charge in [0.05, 0.1) is 5.60 Å². The molecule has 0 saturated heterocycles. The van der Waals surface area contributed by atoms with Gasteiger partial charge in [0.2, 0.25) is 0 Å². The van der Waals surface area contributed by atoms with Crippen molar-refractivity contribution >= 4 is 37.5 Å². The Morgan fingerprint density at radius 1 is 1.00 bits per heavy atom. The van der Waals surface area contributed by atoms with Crippen LogP contribution < -0.4 is 11.0 Å². The highest BCUT2D eigenvalue weighted by Crippen LogP contribution is 2.38. The second kappa shape index (κ2) is 10.7.